The van der Waals surface area contributed by atoms with Crippen molar-refractivity contribution in [1.82, 2.24) is 0 Å². The molecule has 0 radical (unpaired) electrons. The van der Waals surface area contributed by atoms with Gasteiger partial charge in [-0.3, -0.25) is 18.6 Å². The number of aliphatic hydroxyl groups is 2. The Balaban J connectivity index is 3.87. The Morgan fingerprint density at radius 3 is 0.870 bits per heavy atom. The van der Waals surface area contributed by atoms with E-state index in [2.05, 4.69) is 13.8 Å². The molecule has 0 rings (SSSR count). The molecular formula is C43H85O10P. The zero-order chi connectivity index (χ0) is 39.8. The van der Waals surface area contributed by atoms with Gasteiger partial charge < -0.3 is 24.6 Å². The minimum absolute atomic E-state index is 0.199. The second-order valence-corrected chi connectivity index (χ2v) is 16.9. The molecule has 322 valence electrons. The maximum atomic E-state index is 12.4. The zero-order valence-corrected chi connectivity index (χ0v) is 35.9. The molecule has 0 fully saturated rings. The summed E-state index contributed by atoms with van der Waals surface area (Å²) in [5, 5.41) is 19.2. The zero-order valence-electron chi connectivity index (χ0n) is 35.0. The number of hydrogen-bond donors (Lipinski definition) is 3. The standard InChI is InChI=1S/C43H85O10P/c1-3-5-7-9-11-13-15-17-19-21-23-25-27-29-31-33-35-43(47)53-41(37-45)39-51-54(48,49)50-38-40(36-44)52-42(46)34-32-30-28-26-24-22-20-18-16-14-12-10-8-6-4-2/h40-41,44-45H,3-39H2,1-2H3,(H,48,49). The summed E-state index contributed by atoms with van der Waals surface area (Å²) in [6.45, 7) is 2.25. The van der Waals surface area contributed by atoms with Gasteiger partial charge in [0.25, 0.3) is 0 Å². The van der Waals surface area contributed by atoms with E-state index >= 15 is 0 Å². The Morgan fingerprint density at radius 1 is 0.426 bits per heavy atom. The number of aliphatic hydroxyl groups excluding tert-OH is 2. The monoisotopic (exact) mass is 793 g/mol. The largest absolute Gasteiger partial charge is 0.472 e. The second-order valence-electron chi connectivity index (χ2n) is 15.4. The molecule has 3 unspecified atom stereocenters. The van der Waals surface area contributed by atoms with Crippen LogP contribution in [-0.4, -0.2) is 65.7 Å². The molecule has 0 aliphatic heterocycles. The van der Waals surface area contributed by atoms with Crippen molar-refractivity contribution < 1.29 is 47.8 Å². The summed E-state index contributed by atoms with van der Waals surface area (Å²) in [6, 6.07) is 0. The lowest BCUT2D eigenvalue weighted by Gasteiger charge is -2.20. The van der Waals surface area contributed by atoms with Crippen LogP contribution in [-0.2, 0) is 32.7 Å². The normalized spacial score (nSPS) is 13.8. The third-order valence-electron chi connectivity index (χ3n) is 10.1. The van der Waals surface area contributed by atoms with Crippen LogP contribution < -0.4 is 0 Å². The van der Waals surface area contributed by atoms with E-state index in [0.29, 0.717) is 12.8 Å². The van der Waals surface area contributed by atoms with E-state index < -0.39 is 58.4 Å². The Hall–Kier alpha value is -1.03. The number of esters is 2. The number of unbranched alkanes of at least 4 members (excludes halogenated alkanes) is 29. The first-order valence-electron chi connectivity index (χ1n) is 22.5. The Bertz CT molecular complexity index is 873. The summed E-state index contributed by atoms with van der Waals surface area (Å²) >= 11 is 0. The SMILES string of the molecule is CCCCCCCCCCCCCCCCCCC(=O)OC(CO)COP(=O)(O)OCC(CO)OC(=O)CCCCCCCCCCCCCCCCC. The molecule has 54 heavy (non-hydrogen) atoms. The minimum Gasteiger partial charge on any atom is -0.457 e. The fourth-order valence-corrected chi connectivity index (χ4v) is 7.37. The first-order chi connectivity index (χ1) is 26.3. The Labute approximate surface area is 331 Å². The number of rotatable bonds is 43. The number of ether oxygens (including phenoxy) is 2. The molecule has 0 spiro atoms. The molecule has 0 aromatic carbocycles. The fraction of sp³-hybridized carbons (Fsp3) is 0.953. The van der Waals surface area contributed by atoms with Crippen LogP contribution in [0.2, 0.25) is 0 Å². The highest BCUT2D eigenvalue weighted by atomic mass is 31.2. The number of carbonyl (C=O) groups is 2. The highest BCUT2D eigenvalue weighted by molar-refractivity contribution is 7.47. The van der Waals surface area contributed by atoms with Crippen molar-refractivity contribution in [3.05, 3.63) is 0 Å². The van der Waals surface area contributed by atoms with E-state index in [0.717, 1.165) is 38.5 Å². The van der Waals surface area contributed by atoms with E-state index in [1.807, 2.05) is 0 Å². The molecule has 0 bridgehead atoms. The molecule has 0 aromatic heterocycles. The molecule has 0 heterocycles. The highest BCUT2D eigenvalue weighted by Gasteiger charge is 2.27. The van der Waals surface area contributed by atoms with Crippen LogP contribution in [0.4, 0.5) is 0 Å². The molecule has 11 heteroatoms. The van der Waals surface area contributed by atoms with Crippen LogP contribution >= 0.6 is 7.82 Å². The summed E-state index contributed by atoms with van der Waals surface area (Å²) in [5.74, 6) is -1.00. The number of phosphoric acid groups is 1. The number of carbonyl (C=O) groups excluding carboxylic acids is 2. The van der Waals surface area contributed by atoms with E-state index in [-0.39, 0.29) is 12.8 Å². The van der Waals surface area contributed by atoms with Gasteiger partial charge in [-0.1, -0.05) is 200 Å². The van der Waals surface area contributed by atoms with Crippen LogP contribution in [0.5, 0.6) is 0 Å². The first kappa shape index (κ1) is 53.0. The number of hydrogen-bond acceptors (Lipinski definition) is 9. The average molecular weight is 793 g/mol. The summed E-state index contributed by atoms with van der Waals surface area (Å²) < 4.78 is 32.6. The lowest BCUT2D eigenvalue weighted by molar-refractivity contribution is -0.153. The molecule has 0 saturated heterocycles. The van der Waals surface area contributed by atoms with Crippen molar-refractivity contribution in [2.45, 2.75) is 238 Å². The lowest BCUT2D eigenvalue weighted by atomic mass is 10.0. The van der Waals surface area contributed by atoms with Gasteiger partial charge in [-0.2, -0.15) is 0 Å². The third-order valence-corrected chi connectivity index (χ3v) is 11.0. The van der Waals surface area contributed by atoms with E-state index in [4.69, 9.17) is 18.5 Å². The van der Waals surface area contributed by atoms with Gasteiger partial charge in [0.2, 0.25) is 0 Å². The highest BCUT2D eigenvalue weighted by Crippen LogP contribution is 2.43. The molecule has 0 saturated carbocycles. The number of phosphoric ester groups is 1. The predicted octanol–water partition coefficient (Wildman–Crippen LogP) is 11.8. The van der Waals surface area contributed by atoms with Crippen LogP contribution in [0.3, 0.4) is 0 Å². The maximum Gasteiger partial charge on any atom is 0.472 e. The molecule has 0 amide bonds. The van der Waals surface area contributed by atoms with E-state index in [1.165, 1.54) is 148 Å². The Morgan fingerprint density at radius 2 is 0.648 bits per heavy atom. The van der Waals surface area contributed by atoms with Crippen LogP contribution in [0, 0.1) is 0 Å². The van der Waals surface area contributed by atoms with E-state index in [1.54, 1.807) is 0 Å². The van der Waals surface area contributed by atoms with Crippen molar-refractivity contribution in [3.8, 4) is 0 Å². The van der Waals surface area contributed by atoms with Gasteiger partial charge in [-0.25, -0.2) is 4.57 Å². The fourth-order valence-electron chi connectivity index (χ4n) is 6.59. The van der Waals surface area contributed by atoms with Gasteiger partial charge in [0.05, 0.1) is 26.4 Å². The topological polar surface area (TPSA) is 149 Å². The average Bonchev–Trinajstić information content (AvgIpc) is 3.16. The van der Waals surface area contributed by atoms with Gasteiger partial charge in [0, 0.05) is 12.8 Å². The van der Waals surface area contributed by atoms with Crippen molar-refractivity contribution >= 4 is 19.8 Å². The smallest absolute Gasteiger partial charge is 0.457 e. The van der Waals surface area contributed by atoms with E-state index in [9.17, 15) is 29.3 Å². The summed E-state index contributed by atoms with van der Waals surface area (Å²) in [5.41, 5.74) is 0. The first-order valence-corrected chi connectivity index (χ1v) is 24.0. The quantitative estimate of drug-likeness (QED) is 0.0309. The predicted molar refractivity (Wildman–Crippen MR) is 219 cm³/mol. The minimum atomic E-state index is -4.63. The van der Waals surface area contributed by atoms with Crippen LogP contribution in [0.1, 0.15) is 226 Å². The van der Waals surface area contributed by atoms with Gasteiger partial charge in [-0.15, -0.1) is 0 Å². The molecule has 3 N–H and O–H groups in total. The molecule has 3 atom stereocenters. The van der Waals surface area contributed by atoms with Gasteiger partial charge in [-0.05, 0) is 12.8 Å². The van der Waals surface area contributed by atoms with Crippen molar-refractivity contribution in [3.63, 3.8) is 0 Å². The Kier molecular flexibility index (Phi) is 39.4. The van der Waals surface area contributed by atoms with Gasteiger partial charge >= 0.3 is 19.8 Å². The molecule has 0 aliphatic rings. The third kappa shape index (κ3) is 37.9. The summed E-state index contributed by atoms with van der Waals surface area (Å²) in [7, 11) is -4.63. The molecule has 0 aliphatic carbocycles. The van der Waals surface area contributed by atoms with Crippen LogP contribution in [0.25, 0.3) is 0 Å². The molecule has 0 aromatic rings. The molecular weight excluding hydrogens is 707 g/mol. The van der Waals surface area contributed by atoms with Crippen molar-refractivity contribution in [2.24, 2.45) is 0 Å². The maximum absolute atomic E-state index is 12.4. The lowest BCUT2D eigenvalue weighted by Crippen LogP contribution is -2.28. The second kappa shape index (κ2) is 40.2. The molecule has 10 nitrogen and oxygen atoms in total. The summed E-state index contributed by atoms with van der Waals surface area (Å²) in [4.78, 5) is 34.5. The van der Waals surface area contributed by atoms with Crippen molar-refractivity contribution in [1.29, 1.82) is 0 Å². The van der Waals surface area contributed by atoms with Gasteiger partial charge in [0.1, 0.15) is 12.2 Å². The van der Waals surface area contributed by atoms with Crippen LogP contribution in [0.15, 0.2) is 0 Å². The summed E-state index contributed by atoms with van der Waals surface area (Å²) in [6.07, 6.45) is 36.4. The van der Waals surface area contributed by atoms with Gasteiger partial charge in [0.15, 0.2) is 0 Å². The van der Waals surface area contributed by atoms with Crippen molar-refractivity contribution in [2.75, 3.05) is 26.4 Å².